The molecule has 0 bridgehead atoms. The van der Waals surface area contributed by atoms with Crippen LogP contribution in [0.3, 0.4) is 0 Å². The summed E-state index contributed by atoms with van der Waals surface area (Å²) in [5, 5.41) is 11.6. The molecule has 4 fully saturated rings. The van der Waals surface area contributed by atoms with E-state index in [-0.39, 0.29) is 45.8 Å². The van der Waals surface area contributed by atoms with Gasteiger partial charge < -0.3 is 9.84 Å². The highest BCUT2D eigenvalue weighted by Gasteiger charge is 2.69. The van der Waals surface area contributed by atoms with E-state index in [0.29, 0.717) is 43.8 Å². The molecule has 8 atom stereocenters. The molecule has 0 aromatic rings. The summed E-state index contributed by atoms with van der Waals surface area (Å²) in [7, 11) is 1.44. The van der Waals surface area contributed by atoms with Crippen LogP contribution < -0.4 is 0 Å². The second kappa shape index (κ2) is 6.51. The maximum absolute atomic E-state index is 13.0. The number of rotatable bonds is 1. The van der Waals surface area contributed by atoms with Gasteiger partial charge in [0.15, 0.2) is 5.78 Å². The molecule has 0 saturated heterocycles. The number of fused-ring (bicyclic) bond motifs is 6. The van der Waals surface area contributed by atoms with E-state index in [1.54, 1.807) is 6.08 Å². The van der Waals surface area contributed by atoms with Crippen molar-refractivity contribution in [2.75, 3.05) is 7.11 Å². The number of carbonyl (C=O) groups excluding carboxylic acids is 3. The number of Topliss-reactive ketones (excluding diaryl/α,β-unsaturated/α-hetero) is 1. The molecule has 1 N–H and O–H groups in total. The predicted octanol–water partition coefficient (Wildman–Crippen LogP) is 3.63. The van der Waals surface area contributed by atoms with Crippen LogP contribution in [0, 0.1) is 39.9 Å². The van der Waals surface area contributed by atoms with E-state index in [2.05, 4.69) is 13.8 Å². The van der Waals surface area contributed by atoms with Crippen molar-refractivity contribution < 1.29 is 24.2 Å². The van der Waals surface area contributed by atoms with Gasteiger partial charge in [-0.3, -0.25) is 14.4 Å². The number of methoxy groups -OCH3 is 1. The van der Waals surface area contributed by atoms with Crippen LogP contribution in [0.4, 0.5) is 0 Å². The van der Waals surface area contributed by atoms with Gasteiger partial charge in [-0.15, -0.1) is 0 Å². The van der Waals surface area contributed by atoms with Gasteiger partial charge in [-0.2, -0.15) is 0 Å². The Morgan fingerprint density at radius 3 is 2.60 bits per heavy atom. The number of ether oxygens (including phenoxy) is 1. The minimum atomic E-state index is -0.531. The minimum absolute atomic E-state index is 0.0269. The van der Waals surface area contributed by atoms with Gasteiger partial charge in [0.25, 0.3) is 0 Å². The fourth-order valence-corrected chi connectivity index (χ4v) is 8.91. The topological polar surface area (TPSA) is 80.7 Å². The van der Waals surface area contributed by atoms with Crippen molar-refractivity contribution in [3.05, 3.63) is 11.6 Å². The normalized spacial score (nSPS) is 50.0. The standard InChI is InChI=1S/C25H34O5/c1-23-7-4-15(26)10-14(23)11-17(22(29)30-3)20-18-6-9-25(8-5-16(27)12-25)24(18,2)13-19(28)21(20)23/h10,17-21,28H,4-9,11-13H2,1-3H3/t17?,18?,19?,20?,21?,23?,24?,25-/m1/s1. The molecule has 7 unspecified atom stereocenters. The summed E-state index contributed by atoms with van der Waals surface area (Å²) in [4.78, 5) is 37.5. The first kappa shape index (κ1) is 20.4. The van der Waals surface area contributed by atoms with E-state index in [9.17, 15) is 19.5 Å². The second-order valence-electron chi connectivity index (χ2n) is 11.3. The van der Waals surface area contributed by atoms with Crippen LogP contribution in [-0.4, -0.2) is 35.9 Å². The van der Waals surface area contributed by atoms with Crippen molar-refractivity contribution in [2.45, 2.75) is 77.7 Å². The first-order chi connectivity index (χ1) is 14.1. The smallest absolute Gasteiger partial charge is 0.309 e. The molecule has 5 aliphatic carbocycles. The largest absolute Gasteiger partial charge is 0.469 e. The molecule has 164 valence electrons. The lowest BCUT2D eigenvalue weighted by atomic mass is 9.42. The fraction of sp³-hybridized carbons (Fsp3) is 0.800. The van der Waals surface area contributed by atoms with E-state index >= 15 is 0 Å². The van der Waals surface area contributed by atoms with E-state index in [4.69, 9.17) is 4.74 Å². The Morgan fingerprint density at radius 2 is 1.93 bits per heavy atom. The summed E-state index contributed by atoms with van der Waals surface area (Å²) in [6.45, 7) is 4.49. The van der Waals surface area contributed by atoms with E-state index in [1.165, 1.54) is 7.11 Å². The zero-order valence-corrected chi connectivity index (χ0v) is 18.4. The van der Waals surface area contributed by atoms with Gasteiger partial charge in [0.1, 0.15) is 5.78 Å². The van der Waals surface area contributed by atoms with Gasteiger partial charge in [0, 0.05) is 19.3 Å². The Bertz CT molecular complexity index is 844. The molecule has 5 aliphatic rings. The third-order valence-electron chi connectivity index (χ3n) is 10.4. The molecule has 0 aromatic heterocycles. The molecule has 0 heterocycles. The Labute approximate surface area is 178 Å². The zero-order chi connectivity index (χ0) is 21.5. The van der Waals surface area contributed by atoms with Crippen LogP contribution in [-0.2, 0) is 19.1 Å². The predicted molar refractivity (Wildman–Crippen MR) is 110 cm³/mol. The third-order valence-corrected chi connectivity index (χ3v) is 10.4. The number of esters is 1. The van der Waals surface area contributed by atoms with Gasteiger partial charge >= 0.3 is 5.97 Å². The van der Waals surface area contributed by atoms with Crippen molar-refractivity contribution in [2.24, 2.45) is 39.9 Å². The highest BCUT2D eigenvalue weighted by atomic mass is 16.5. The maximum Gasteiger partial charge on any atom is 0.309 e. The summed E-state index contributed by atoms with van der Waals surface area (Å²) < 4.78 is 5.24. The lowest BCUT2D eigenvalue weighted by Crippen LogP contribution is -2.61. The minimum Gasteiger partial charge on any atom is -0.469 e. The van der Waals surface area contributed by atoms with E-state index in [0.717, 1.165) is 31.3 Å². The number of ketones is 2. The van der Waals surface area contributed by atoms with Crippen LogP contribution in [0.25, 0.3) is 0 Å². The quantitative estimate of drug-likeness (QED) is 0.663. The number of hydrogen-bond acceptors (Lipinski definition) is 5. The summed E-state index contributed by atoms with van der Waals surface area (Å²) in [6.07, 6.45) is 7.96. The van der Waals surface area contributed by atoms with Crippen molar-refractivity contribution >= 4 is 17.5 Å². The molecule has 0 aliphatic heterocycles. The SMILES string of the molecule is COC(=O)C1CC2=CC(=O)CCC2(C)C2C(O)CC3(C)C(CC[C@@]34CCC(=O)C4)C12. The van der Waals surface area contributed by atoms with Gasteiger partial charge in [-0.25, -0.2) is 0 Å². The zero-order valence-electron chi connectivity index (χ0n) is 18.4. The average Bonchev–Trinajstić information content (AvgIpc) is 3.21. The summed E-state index contributed by atoms with van der Waals surface area (Å²) in [6, 6.07) is 0. The molecule has 0 radical (unpaired) electrons. The summed E-state index contributed by atoms with van der Waals surface area (Å²) >= 11 is 0. The second-order valence-corrected chi connectivity index (χ2v) is 11.3. The van der Waals surface area contributed by atoms with Crippen LogP contribution in [0.15, 0.2) is 11.6 Å². The summed E-state index contributed by atoms with van der Waals surface area (Å²) in [5.74, 6) is 0.241. The number of carbonyl (C=O) groups is 3. The molecular formula is C25H34O5. The number of aliphatic hydroxyl groups excluding tert-OH is 1. The summed E-state index contributed by atoms with van der Waals surface area (Å²) in [5.41, 5.74) is 0.627. The molecule has 5 heteroatoms. The van der Waals surface area contributed by atoms with Crippen LogP contribution in [0.5, 0.6) is 0 Å². The van der Waals surface area contributed by atoms with Crippen LogP contribution >= 0.6 is 0 Å². The first-order valence-corrected chi connectivity index (χ1v) is 11.7. The lowest BCUT2D eigenvalue weighted by Gasteiger charge is -2.62. The lowest BCUT2D eigenvalue weighted by molar-refractivity contribution is -0.179. The fourth-order valence-electron chi connectivity index (χ4n) is 8.91. The Kier molecular flexibility index (Phi) is 4.43. The Morgan fingerprint density at radius 1 is 1.17 bits per heavy atom. The first-order valence-electron chi connectivity index (χ1n) is 11.7. The van der Waals surface area contributed by atoms with Gasteiger partial charge in [0.05, 0.1) is 19.1 Å². The number of hydrogen-bond donors (Lipinski definition) is 1. The number of allylic oxidation sites excluding steroid dienone is 1. The van der Waals surface area contributed by atoms with Crippen LogP contribution in [0.1, 0.15) is 71.6 Å². The highest BCUT2D eigenvalue weighted by Crippen LogP contribution is 2.73. The van der Waals surface area contributed by atoms with E-state index in [1.807, 2.05) is 0 Å². The molecule has 1 spiro atoms. The van der Waals surface area contributed by atoms with E-state index < -0.39 is 6.10 Å². The Hall–Kier alpha value is -1.49. The monoisotopic (exact) mass is 414 g/mol. The molecule has 5 rings (SSSR count). The average molecular weight is 415 g/mol. The van der Waals surface area contributed by atoms with Crippen molar-refractivity contribution in [1.82, 2.24) is 0 Å². The number of aliphatic hydroxyl groups is 1. The van der Waals surface area contributed by atoms with Crippen LogP contribution in [0.2, 0.25) is 0 Å². The highest BCUT2D eigenvalue weighted by molar-refractivity contribution is 5.92. The maximum atomic E-state index is 13.0. The molecule has 30 heavy (non-hydrogen) atoms. The Balaban J connectivity index is 1.62. The van der Waals surface area contributed by atoms with Gasteiger partial charge in [-0.1, -0.05) is 19.4 Å². The molecule has 0 amide bonds. The van der Waals surface area contributed by atoms with Crippen molar-refractivity contribution in [1.29, 1.82) is 0 Å². The van der Waals surface area contributed by atoms with Crippen molar-refractivity contribution in [3.63, 3.8) is 0 Å². The van der Waals surface area contributed by atoms with Crippen molar-refractivity contribution in [3.8, 4) is 0 Å². The third kappa shape index (κ3) is 2.47. The molecular weight excluding hydrogens is 380 g/mol. The molecule has 0 aromatic carbocycles. The molecule has 5 nitrogen and oxygen atoms in total. The van der Waals surface area contributed by atoms with Gasteiger partial charge in [0.2, 0.25) is 0 Å². The van der Waals surface area contributed by atoms with Gasteiger partial charge in [-0.05, 0) is 78.6 Å². The molecule has 4 saturated carbocycles.